The van der Waals surface area contributed by atoms with E-state index in [4.69, 9.17) is 9.41 Å². The molecule has 0 amide bonds. The molecular weight excluding hydrogens is 346 g/mol. The minimum atomic E-state index is 0.170. The molecule has 2 atom stereocenters. The number of amidine groups is 1. The molecule has 4 heteroatoms. The molecule has 0 bridgehead atoms. The first kappa shape index (κ1) is 17.2. The first-order valence-electron chi connectivity index (χ1n) is 9.99. The summed E-state index contributed by atoms with van der Waals surface area (Å²) in [4.78, 5) is 9.36. The molecule has 142 valence electrons. The third kappa shape index (κ3) is 2.51. The van der Waals surface area contributed by atoms with Crippen LogP contribution in [0.3, 0.4) is 0 Å². The summed E-state index contributed by atoms with van der Waals surface area (Å²) in [7, 11) is 0. The maximum atomic E-state index is 5.54. The van der Waals surface area contributed by atoms with Gasteiger partial charge < -0.3 is 9.73 Å². The highest BCUT2D eigenvalue weighted by Crippen LogP contribution is 2.53. The van der Waals surface area contributed by atoms with E-state index >= 15 is 0 Å². The zero-order valence-electron chi connectivity index (χ0n) is 16.8. The second kappa shape index (κ2) is 6.06. The van der Waals surface area contributed by atoms with E-state index in [1.54, 1.807) is 0 Å². The van der Waals surface area contributed by atoms with Crippen LogP contribution in [0.15, 0.2) is 58.3 Å². The third-order valence-corrected chi connectivity index (χ3v) is 5.96. The first-order chi connectivity index (χ1) is 13.5. The Kier molecular flexibility index (Phi) is 3.73. The predicted octanol–water partition coefficient (Wildman–Crippen LogP) is 5.97. The highest BCUT2D eigenvalue weighted by molar-refractivity contribution is 6.13. The predicted molar refractivity (Wildman–Crippen MR) is 114 cm³/mol. The van der Waals surface area contributed by atoms with Crippen LogP contribution in [-0.4, -0.2) is 16.9 Å². The summed E-state index contributed by atoms with van der Waals surface area (Å²) in [5.41, 5.74) is 9.02. The summed E-state index contributed by atoms with van der Waals surface area (Å²) in [6.07, 6.45) is 1.50. The van der Waals surface area contributed by atoms with E-state index in [1.165, 1.54) is 34.3 Å². The number of nitrogens with zero attached hydrogens (tertiary/aromatic N) is 2. The normalized spacial score (nSPS) is 20.4. The van der Waals surface area contributed by atoms with Gasteiger partial charge in [-0.3, -0.25) is 4.99 Å². The van der Waals surface area contributed by atoms with Gasteiger partial charge in [0.1, 0.15) is 11.4 Å². The highest BCUT2D eigenvalue weighted by atomic mass is 16.3. The smallest absolute Gasteiger partial charge is 0.181 e. The Bertz CT molecular complexity index is 1110. The number of oxazole rings is 1. The number of nitrogens with one attached hydrogen (secondary N) is 1. The monoisotopic (exact) mass is 371 g/mol. The van der Waals surface area contributed by atoms with Crippen molar-refractivity contribution in [1.29, 1.82) is 0 Å². The van der Waals surface area contributed by atoms with Gasteiger partial charge in [0.25, 0.3) is 0 Å². The molecular formula is C24H25N3O. The van der Waals surface area contributed by atoms with Gasteiger partial charge in [-0.1, -0.05) is 52.5 Å². The number of fused-ring (bicyclic) bond motifs is 4. The van der Waals surface area contributed by atoms with Gasteiger partial charge in [-0.2, -0.15) is 0 Å². The van der Waals surface area contributed by atoms with Gasteiger partial charge in [-0.05, 0) is 46.2 Å². The van der Waals surface area contributed by atoms with Crippen molar-refractivity contribution < 1.29 is 4.42 Å². The Labute approximate surface area is 165 Å². The Morgan fingerprint density at radius 1 is 1.07 bits per heavy atom. The molecule has 28 heavy (non-hydrogen) atoms. The summed E-state index contributed by atoms with van der Waals surface area (Å²) in [5.74, 6) is 2.06. The lowest BCUT2D eigenvalue weighted by atomic mass is 9.92. The van der Waals surface area contributed by atoms with Gasteiger partial charge >= 0.3 is 0 Å². The summed E-state index contributed by atoms with van der Waals surface area (Å²) in [5, 5.41) is 3.72. The lowest BCUT2D eigenvalue weighted by molar-refractivity contribution is 0.601. The Hall–Kier alpha value is -2.88. The van der Waals surface area contributed by atoms with Crippen LogP contribution < -0.4 is 5.32 Å². The number of para-hydroxylation sites is 1. The van der Waals surface area contributed by atoms with Crippen molar-refractivity contribution in [2.75, 3.05) is 5.32 Å². The summed E-state index contributed by atoms with van der Waals surface area (Å²) >= 11 is 0. The Morgan fingerprint density at radius 3 is 2.46 bits per heavy atom. The molecule has 1 aliphatic carbocycles. The minimum Gasteiger partial charge on any atom is -0.443 e. The van der Waals surface area contributed by atoms with Crippen molar-refractivity contribution in [3.8, 4) is 0 Å². The SMILES string of the molecule is C=C1C2N=C(Nc3c(C(C)C)cccc3C(C)C)c3cc4ncoc4cc3C12. The summed E-state index contributed by atoms with van der Waals surface area (Å²) in [6, 6.07) is 11.0. The average Bonchev–Trinajstić information content (AvgIpc) is 3.10. The molecule has 2 heterocycles. The molecule has 0 saturated heterocycles. The molecule has 2 aliphatic rings. The fourth-order valence-corrected chi connectivity index (χ4v) is 4.33. The molecule has 4 nitrogen and oxygen atoms in total. The molecule has 2 aromatic carbocycles. The van der Waals surface area contributed by atoms with Crippen molar-refractivity contribution >= 4 is 22.6 Å². The van der Waals surface area contributed by atoms with Gasteiger partial charge in [0.15, 0.2) is 12.0 Å². The Morgan fingerprint density at radius 2 is 1.79 bits per heavy atom. The standard InChI is InChI=1S/C24H25N3O/c1-12(2)15-7-6-8-16(13(3)4)23(15)27-24-18-9-19-20(28-11-25-19)10-17(18)21-14(5)22(21)26-24/h6-13,21-22H,5H2,1-4H3,(H,26,27). The summed E-state index contributed by atoms with van der Waals surface area (Å²) < 4.78 is 5.54. The topological polar surface area (TPSA) is 50.4 Å². The molecule has 5 rings (SSSR count). The van der Waals surface area contributed by atoms with Crippen LogP contribution in [0.1, 0.15) is 67.7 Å². The molecule has 0 radical (unpaired) electrons. The highest BCUT2D eigenvalue weighted by Gasteiger charge is 2.48. The lowest BCUT2D eigenvalue weighted by Gasteiger charge is -2.24. The number of hydrogen-bond acceptors (Lipinski definition) is 4. The van der Waals surface area contributed by atoms with Crippen LogP contribution in [0, 0.1) is 0 Å². The van der Waals surface area contributed by atoms with Crippen molar-refractivity contribution in [1.82, 2.24) is 4.98 Å². The van der Waals surface area contributed by atoms with Crippen LogP contribution >= 0.6 is 0 Å². The van der Waals surface area contributed by atoms with Gasteiger partial charge in [0.05, 0.1) is 6.04 Å². The van der Waals surface area contributed by atoms with E-state index in [9.17, 15) is 0 Å². The van der Waals surface area contributed by atoms with Crippen molar-refractivity contribution in [2.45, 2.75) is 51.5 Å². The van der Waals surface area contributed by atoms with E-state index in [2.05, 4.69) is 74.9 Å². The number of aromatic nitrogens is 1. The van der Waals surface area contributed by atoms with Crippen molar-refractivity contribution in [3.63, 3.8) is 0 Å². The van der Waals surface area contributed by atoms with Crippen LogP contribution in [0.5, 0.6) is 0 Å². The number of anilines is 1. The van der Waals surface area contributed by atoms with Gasteiger partial charge in [0, 0.05) is 17.2 Å². The number of rotatable bonds is 3. The zero-order valence-corrected chi connectivity index (χ0v) is 16.8. The Balaban J connectivity index is 1.66. The molecule has 0 spiro atoms. The second-order valence-electron chi connectivity index (χ2n) is 8.48. The van der Waals surface area contributed by atoms with E-state index in [1.807, 2.05) is 0 Å². The number of hydrogen-bond donors (Lipinski definition) is 1. The van der Waals surface area contributed by atoms with Crippen LogP contribution in [0.4, 0.5) is 5.69 Å². The lowest BCUT2D eigenvalue weighted by Crippen LogP contribution is -2.22. The van der Waals surface area contributed by atoms with Crippen molar-refractivity contribution in [3.05, 3.63) is 71.1 Å². The molecule has 1 aliphatic heterocycles. The fourth-order valence-electron chi connectivity index (χ4n) is 4.33. The summed E-state index contributed by atoms with van der Waals surface area (Å²) in [6.45, 7) is 13.2. The number of aliphatic imine (C=N–C) groups is 1. The van der Waals surface area contributed by atoms with E-state index in [-0.39, 0.29) is 6.04 Å². The second-order valence-corrected chi connectivity index (χ2v) is 8.48. The molecule has 1 fully saturated rings. The zero-order chi connectivity index (χ0) is 19.6. The largest absolute Gasteiger partial charge is 0.443 e. The van der Waals surface area contributed by atoms with E-state index in [0.29, 0.717) is 17.8 Å². The molecule has 1 saturated carbocycles. The van der Waals surface area contributed by atoms with E-state index in [0.717, 1.165) is 22.5 Å². The molecule has 2 unspecified atom stereocenters. The van der Waals surface area contributed by atoms with Crippen LogP contribution in [0.2, 0.25) is 0 Å². The van der Waals surface area contributed by atoms with Gasteiger partial charge in [-0.15, -0.1) is 0 Å². The quantitative estimate of drug-likeness (QED) is 0.577. The maximum absolute atomic E-state index is 5.54. The van der Waals surface area contributed by atoms with Crippen LogP contribution in [0.25, 0.3) is 11.1 Å². The maximum Gasteiger partial charge on any atom is 0.181 e. The average molecular weight is 371 g/mol. The molecule has 1 aromatic heterocycles. The van der Waals surface area contributed by atoms with Gasteiger partial charge in [-0.25, -0.2) is 4.98 Å². The third-order valence-electron chi connectivity index (χ3n) is 5.96. The van der Waals surface area contributed by atoms with Crippen LogP contribution in [-0.2, 0) is 0 Å². The molecule has 1 N–H and O–H groups in total. The number of benzene rings is 2. The molecule has 3 aromatic rings. The first-order valence-corrected chi connectivity index (χ1v) is 9.99. The van der Waals surface area contributed by atoms with E-state index < -0.39 is 0 Å². The minimum absolute atomic E-state index is 0.170. The van der Waals surface area contributed by atoms with Gasteiger partial charge in [0.2, 0.25) is 0 Å². The fraction of sp³-hybridized carbons (Fsp3) is 0.333. The van der Waals surface area contributed by atoms with Crippen molar-refractivity contribution in [2.24, 2.45) is 4.99 Å².